The van der Waals surface area contributed by atoms with Gasteiger partial charge in [0.25, 0.3) is 0 Å². The van der Waals surface area contributed by atoms with Crippen LogP contribution in [0.15, 0.2) is 34.3 Å². The van der Waals surface area contributed by atoms with Crippen molar-refractivity contribution in [3.8, 4) is 11.5 Å². The van der Waals surface area contributed by atoms with Crippen LogP contribution in [0.1, 0.15) is 25.0 Å². The second-order valence-corrected chi connectivity index (χ2v) is 7.42. The monoisotopic (exact) mass is 488 g/mol. The first kappa shape index (κ1) is 28.0. The van der Waals surface area contributed by atoms with Gasteiger partial charge in [-0.15, -0.1) is 6.10 Å². The van der Waals surface area contributed by atoms with Gasteiger partial charge in [0.05, 0.1) is 13.1 Å². The first-order valence-corrected chi connectivity index (χ1v) is 9.60. The molecule has 0 aliphatic rings. The van der Waals surface area contributed by atoms with Crippen LogP contribution in [0.2, 0.25) is 20.1 Å². The molecule has 0 spiro atoms. The van der Waals surface area contributed by atoms with E-state index in [0.717, 1.165) is 0 Å². The van der Waals surface area contributed by atoms with Crippen molar-refractivity contribution in [1.29, 1.82) is 0 Å². The summed E-state index contributed by atoms with van der Waals surface area (Å²) in [5.41, 5.74) is 0.611. The molecule has 0 radical (unpaired) electrons. The molecule has 0 aliphatic heterocycles. The molecule has 10 heteroatoms. The van der Waals surface area contributed by atoms with Gasteiger partial charge in [-0.05, 0) is 35.4 Å². The van der Waals surface area contributed by atoms with Gasteiger partial charge in [0.1, 0.15) is 0 Å². The Kier molecular flexibility index (Phi) is 13.6. The maximum Gasteiger partial charge on any atom is 3.00 e. The number of rotatable bonds is 5. The molecule has 0 aliphatic carbocycles. The Balaban J connectivity index is 0.00000143. The minimum Gasteiger partial charge on any atom is -0.871 e. The third-order valence-corrected chi connectivity index (χ3v) is 3.89. The van der Waals surface area contributed by atoms with E-state index in [-0.39, 0.29) is 38.9 Å². The molecule has 0 aromatic heterocycles. The Morgan fingerprint density at radius 1 is 0.793 bits per heavy atom. The predicted octanol–water partition coefficient (Wildman–Crippen LogP) is 3.36. The van der Waals surface area contributed by atoms with Crippen LogP contribution in [0.5, 0.6) is 11.5 Å². The molecular weight excluding hydrogens is 473 g/mol. The third-order valence-electron chi connectivity index (χ3n) is 2.89. The summed E-state index contributed by atoms with van der Waals surface area (Å²) in [6.07, 6.45) is 2.37. The SMILES string of the molecule is CC(C)[O-].[Al+3].[O-]c1c(Cl)cc(Cl)cc1C=NCCN=Cc1cc(Cl)cc(Cl)c1[O-]. The van der Waals surface area contributed by atoms with Crippen molar-refractivity contribution in [3.05, 3.63) is 55.5 Å². The van der Waals surface area contributed by atoms with Crippen molar-refractivity contribution in [1.82, 2.24) is 0 Å². The van der Waals surface area contributed by atoms with Gasteiger partial charge in [-0.25, -0.2) is 0 Å². The van der Waals surface area contributed by atoms with E-state index >= 15 is 0 Å². The number of hydrogen-bond acceptors (Lipinski definition) is 5. The molecule has 0 atom stereocenters. The van der Waals surface area contributed by atoms with Crippen LogP contribution in [0, 0.1) is 0 Å². The summed E-state index contributed by atoms with van der Waals surface area (Å²) >= 11 is 23.2. The Morgan fingerprint density at radius 3 is 1.41 bits per heavy atom. The number of hydrogen-bond donors (Lipinski definition) is 0. The van der Waals surface area contributed by atoms with E-state index in [1.807, 2.05) is 0 Å². The van der Waals surface area contributed by atoms with Gasteiger partial charge in [-0.2, -0.15) is 0 Å². The Morgan fingerprint density at radius 2 is 1.10 bits per heavy atom. The van der Waals surface area contributed by atoms with Crippen molar-refractivity contribution >= 4 is 76.2 Å². The van der Waals surface area contributed by atoms with Crippen molar-refractivity contribution < 1.29 is 15.3 Å². The normalized spacial score (nSPS) is 10.9. The number of nitrogens with zero attached hydrogens (tertiary/aromatic N) is 2. The topological polar surface area (TPSA) is 93.9 Å². The van der Waals surface area contributed by atoms with Gasteiger partial charge in [0.2, 0.25) is 0 Å². The van der Waals surface area contributed by atoms with Crippen LogP contribution in [0.3, 0.4) is 0 Å². The molecule has 0 saturated heterocycles. The predicted molar refractivity (Wildman–Crippen MR) is 118 cm³/mol. The van der Waals surface area contributed by atoms with Crippen LogP contribution in [-0.4, -0.2) is 49.0 Å². The molecule has 2 aromatic rings. The van der Waals surface area contributed by atoms with E-state index in [1.54, 1.807) is 13.8 Å². The minimum absolute atomic E-state index is 0. The summed E-state index contributed by atoms with van der Waals surface area (Å²) in [6.45, 7) is 3.87. The average molecular weight is 490 g/mol. The van der Waals surface area contributed by atoms with E-state index in [9.17, 15) is 15.3 Å². The van der Waals surface area contributed by atoms with Crippen molar-refractivity contribution in [2.24, 2.45) is 9.98 Å². The summed E-state index contributed by atoms with van der Waals surface area (Å²) in [5.74, 6) is -0.671. The molecule has 2 rings (SSSR count). The molecule has 152 valence electrons. The van der Waals surface area contributed by atoms with Crippen molar-refractivity contribution in [2.45, 2.75) is 20.0 Å². The first-order valence-electron chi connectivity index (χ1n) is 8.09. The molecular formula is C19H17AlCl4N2O3. The first-order chi connectivity index (χ1) is 13.1. The zero-order valence-electron chi connectivity index (χ0n) is 15.7. The fraction of sp³-hybridized carbons (Fsp3) is 0.263. The maximum atomic E-state index is 11.8. The number of benzene rings is 2. The summed E-state index contributed by atoms with van der Waals surface area (Å²) in [4.78, 5) is 8.17. The number of halogens is 4. The maximum absolute atomic E-state index is 11.8. The van der Waals surface area contributed by atoms with Crippen LogP contribution >= 0.6 is 46.4 Å². The average Bonchev–Trinajstić information content (AvgIpc) is 2.58. The molecule has 0 unspecified atom stereocenters. The molecule has 0 fully saturated rings. The largest absolute Gasteiger partial charge is 3.00 e. The smallest absolute Gasteiger partial charge is 0.871 e. The molecule has 29 heavy (non-hydrogen) atoms. The molecule has 2 aromatic carbocycles. The van der Waals surface area contributed by atoms with Crippen molar-refractivity contribution in [2.75, 3.05) is 13.1 Å². The molecule has 0 N–H and O–H groups in total. The molecule has 5 nitrogen and oxygen atoms in total. The zero-order valence-corrected chi connectivity index (χ0v) is 19.8. The van der Waals surface area contributed by atoms with E-state index in [1.165, 1.54) is 36.7 Å². The summed E-state index contributed by atoms with van der Waals surface area (Å²) in [6, 6.07) is 5.73. The standard InChI is InChI=1S/C16H12Cl4N2O2.C3H7O.Al/c17-11-3-9(15(23)13(19)5-11)7-21-1-2-22-8-10-4-12(18)6-14(20)16(10)24;1-3(2)4;/h3-8,23-24H,1-2H2;3H,1-2H3;/q;-1;+3/p-2. The Hall–Kier alpha value is -0.968. The summed E-state index contributed by atoms with van der Waals surface area (Å²) in [5, 5.41) is 33.9. The van der Waals surface area contributed by atoms with E-state index in [4.69, 9.17) is 46.4 Å². The summed E-state index contributed by atoms with van der Waals surface area (Å²) in [7, 11) is 0. The second-order valence-electron chi connectivity index (χ2n) is 5.73. The van der Waals surface area contributed by atoms with Crippen LogP contribution in [0.25, 0.3) is 0 Å². The quantitative estimate of drug-likeness (QED) is 0.366. The molecule has 0 heterocycles. The van der Waals surface area contributed by atoms with E-state index in [2.05, 4.69) is 9.98 Å². The van der Waals surface area contributed by atoms with Crippen LogP contribution < -0.4 is 15.3 Å². The minimum atomic E-state index is -0.417. The van der Waals surface area contributed by atoms with Gasteiger partial charge in [0, 0.05) is 32.5 Å². The van der Waals surface area contributed by atoms with Crippen LogP contribution in [0.4, 0.5) is 0 Å². The van der Waals surface area contributed by atoms with Gasteiger partial charge in [-0.3, -0.25) is 9.98 Å². The number of aliphatic imine (C=N–C) groups is 2. The van der Waals surface area contributed by atoms with Crippen LogP contribution in [-0.2, 0) is 0 Å². The third kappa shape index (κ3) is 10.6. The second kappa shape index (κ2) is 14.1. The van der Waals surface area contributed by atoms with Gasteiger partial charge < -0.3 is 15.3 Å². The van der Waals surface area contributed by atoms with Gasteiger partial charge >= 0.3 is 17.4 Å². The van der Waals surface area contributed by atoms with Gasteiger partial charge in [-0.1, -0.05) is 71.8 Å². The molecule has 0 saturated carbocycles. The van der Waals surface area contributed by atoms with E-state index < -0.39 is 6.10 Å². The Bertz CT molecular complexity index is 792. The Labute approximate surface area is 200 Å². The fourth-order valence-corrected chi connectivity index (χ4v) is 2.81. The van der Waals surface area contributed by atoms with Gasteiger partial charge in [0.15, 0.2) is 0 Å². The molecule has 0 bridgehead atoms. The fourth-order valence-electron chi connectivity index (χ4n) is 1.79. The van der Waals surface area contributed by atoms with E-state index in [0.29, 0.717) is 34.3 Å². The summed E-state index contributed by atoms with van der Waals surface area (Å²) < 4.78 is 0. The zero-order chi connectivity index (χ0) is 21.3. The molecule has 0 amide bonds. The van der Waals surface area contributed by atoms with Crippen molar-refractivity contribution in [3.63, 3.8) is 0 Å².